The molecule has 5 nitrogen and oxygen atoms in total. The van der Waals surface area contributed by atoms with E-state index in [1.807, 2.05) is 0 Å². The summed E-state index contributed by atoms with van der Waals surface area (Å²) >= 11 is 0. The molecule has 0 bridgehead atoms. The highest BCUT2D eigenvalue weighted by molar-refractivity contribution is 5.98. The Hall–Kier alpha value is -2.26. The molecule has 0 saturated heterocycles. The van der Waals surface area contributed by atoms with E-state index in [2.05, 4.69) is 0 Å². The molecule has 1 rings (SSSR count). The fourth-order valence-corrected chi connectivity index (χ4v) is 1.07. The normalized spacial score (nSPS) is 11.5. The molecule has 10 heteroatoms. The molecule has 0 aliphatic carbocycles. The quantitative estimate of drug-likeness (QED) is 0.524. The third-order valence-corrected chi connectivity index (χ3v) is 1.98. The number of rotatable bonds is 4. The molecular formula is C9H5F5N2O3. The molecule has 0 heterocycles. The van der Waals surface area contributed by atoms with Crippen LogP contribution in [-0.2, 0) is 4.79 Å². The summed E-state index contributed by atoms with van der Waals surface area (Å²) in [7, 11) is 0. The van der Waals surface area contributed by atoms with Crippen molar-refractivity contribution in [3.8, 4) is 0 Å². The van der Waals surface area contributed by atoms with E-state index in [4.69, 9.17) is 0 Å². The van der Waals surface area contributed by atoms with Crippen molar-refractivity contribution in [1.29, 1.82) is 0 Å². The Labute approximate surface area is 102 Å². The van der Waals surface area contributed by atoms with Crippen LogP contribution in [0.25, 0.3) is 0 Å². The number of alkyl halides is 4. The topological polar surface area (TPSA) is 72.2 Å². The van der Waals surface area contributed by atoms with Crippen LogP contribution in [0.1, 0.15) is 0 Å². The first kappa shape index (κ1) is 14.8. The largest absolute Gasteiger partial charge is 0.383 e. The van der Waals surface area contributed by atoms with E-state index in [-0.39, 0.29) is 0 Å². The summed E-state index contributed by atoms with van der Waals surface area (Å²) in [6.45, 7) is 0. The van der Waals surface area contributed by atoms with Crippen molar-refractivity contribution in [3.63, 3.8) is 0 Å². The summed E-state index contributed by atoms with van der Waals surface area (Å²) in [5.41, 5.74) is -1.84. The molecule has 104 valence electrons. The second-order valence-corrected chi connectivity index (χ2v) is 3.30. The standard InChI is InChI=1S/C9H5F5N2O3/c10-4-1-2-6(16(18)19)5(3-4)15-8(17)9(13,14)7(11)12/h1-3,7H,(H,15,17). The van der Waals surface area contributed by atoms with Gasteiger partial charge in [-0.25, -0.2) is 13.2 Å². The van der Waals surface area contributed by atoms with E-state index < -0.39 is 40.4 Å². The molecule has 0 radical (unpaired) electrons. The van der Waals surface area contributed by atoms with Crippen molar-refractivity contribution in [1.82, 2.24) is 0 Å². The molecule has 0 aliphatic rings. The summed E-state index contributed by atoms with van der Waals surface area (Å²) in [5.74, 6) is -8.57. The second-order valence-electron chi connectivity index (χ2n) is 3.30. The van der Waals surface area contributed by atoms with Crippen LogP contribution in [0, 0.1) is 15.9 Å². The number of nitrogens with one attached hydrogen (secondary N) is 1. The SMILES string of the molecule is O=C(Nc1cc(F)ccc1[N+](=O)[O-])C(F)(F)C(F)F. The molecule has 0 aliphatic heterocycles. The molecule has 1 amide bonds. The maximum atomic E-state index is 12.8. The predicted octanol–water partition coefficient (Wildman–Crippen LogP) is 2.57. The third kappa shape index (κ3) is 3.14. The van der Waals surface area contributed by atoms with Crippen molar-refractivity contribution in [2.75, 3.05) is 5.32 Å². The Kier molecular flexibility index (Phi) is 4.02. The number of carbonyl (C=O) groups is 1. The summed E-state index contributed by atoms with van der Waals surface area (Å²) in [5, 5.41) is 11.7. The van der Waals surface area contributed by atoms with Crippen LogP contribution in [0.2, 0.25) is 0 Å². The van der Waals surface area contributed by atoms with Crippen molar-refractivity contribution >= 4 is 17.3 Å². The van der Waals surface area contributed by atoms with Crippen LogP contribution >= 0.6 is 0 Å². The molecule has 0 spiro atoms. The molecule has 0 atom stereocenters. The van der Waals surface area contributed by atoms with Gasteiger partial charge in [0, 0.05) is 12.1 Å². The minimum Gasteiger partial charge on any atom is -0.315 e. The predicted molar refractivity (Wildman–Crippen MR) is 52.6 cm³/mol. The maximum absolute atomic E-state index is 12.8. The smallest absolute Gasteiger partial charge is 0.315 e. The zero-order chi connectivity index (χ0) is 14.8. The van der Waals surface area contributed by atoms with Gasteiger partial charge in [-0.1, -0.05) is 0 Å². The zero-order valence-electron chi connectivity index (χ0n) is 8.87. The molecule has 0 aromatic heterocycles. The number of hydrogen-bond donors (Lipinski definition) is 1. The first-order valence-corrected chi connectivity index (χ1v) is 4.57. The van der Waals surface area contributed by atoms with Crippen molar-refractivity contribution in [3.05, 3.63) is 34.1 Å². The van der Waals surface area contributed by atoms with Crippen LogP contribution in [0.4, 0.5) is 33.3 Å². The summed E-state index contributed by atoms with van der Waals surface area (Å²) < 4.78 is 61.8. The molecule has 1 aromatic rings. The lowest BCUT2D eigenvalue weighted by molar-refractivity contribution is -0.384. The van der Waals surface area contributed by atoms with Crippen LogP contribution in [0.5, 0.6) is 0 Å². The number of hydrogen-bond acceptors (Lipinski definition) is 3. The van der Waals surface area contributed by atoms with Crippen molar-refractivity contribution < 1.29 is 31.7 Å². The maximum Gasteiger partial charge on any atom is 0.383 e. The number of anilines is 1. The van der Waals surface area contributed by atoms with Gasteiger partial charge < -0.3 is 5.32 Å². The number of nitro benzene ring substituents is 1. The van der Waals surface area contributed by atoms with Crippen molar-refractivity contribution in [2.24, 2.45) is 0 Å². The summed E-state index contributed by atoms with van der Waals surface area (Å²) in [6, 6.07) is 1.63. The average molecular weight is 284 g/mol. The van der Waals surface area contributed by atoms with E-state index in [9.17, 15) is 36.9 Å². The Morgan fingerprint density at radius 1 is 1.37 bits per heavy atom. The molecule has 0 unspecified atom stereocenters. The van der Waals surface area contributed by atoms with Gasteiger partial charge in [-0.05, 0) is 6.07 Å². The van der Waals surface area contributed by atoms with Gasteiger partial charge in [-0.2, -0.15) is 8.78 Å². The van der Waals surface area contributed by atoms with Crippen molar-refractivity contribution in [2.45, 2.75) is 12.3 Å². The van der Waals surface area contributed by atoms with Crippen LogP contribution < -0.4 is 5.32 Å². The minimum atomic E-state index is -5.04. The average Bonchev–Trinajstić information content (AvgIpc) is 2.28. The first-order chi connectivity index (χ1) is 8.66. The third-order valence-electron chi connectivity index (χ3n) is 1.98. The Bertz CT molecular complexity index is 521. The van der Waals surface area contributed by atoms with Gasteiger partial charge >= 0.3 is 18.3 Å². The van der Waals surface area contributed by atoms with Crippen LogP contribution in [0.3, 0.4) is 0 Å². The van der Waals surface area contributed by atoms with Gasteiger partial charge in [0.2, 0.25) is 0 Å². The van der Waals surface area contributed by atoms with Crippen LogP contribution in [-0.4, -0.2) is 23.2 Å². The van der Waals surface area contributed by atoms with Crippen LogP contribution in [0.15, 0.2) is 18.2 Å². The lowest BCUT2D eigenvalue weighted by atomic mass is 10.2. The van der Waals surface area contributed by atoms with E-state index in [0.717, 1.165) is 0 Å². The number of carbonyl (C=O) groups excluding carboxylic acids is 1. The highest BCUT2D eigenvalue weighted by Crippen LogP contribution is 2.29. The van der Waals surface area contributed by atoms with E-state index in [1.54, 1.807) is 0 Å². The minimum absolute atomic E-state index is 0.373. The first-order valence-electron chi connectivity index (χ1n) is 4.57. The van der Waals surface area contributed by atoms with Gasteiger partial charge in [-0.15, -0.1) is 0 Å². The molecule has 0 saturated carbocycles. The monoisotopic (exact) mass is 284 g/mol. The number of nitro groups is 1. The van der Waals surface area contributed by atoms with E-state index >= 15 is 0 Å². The fourth-order valence-electron chi connectivity index (χ4n) is 1.07. The second kappa shape index (κ2) is 5.16. The van der Waals surface area contributed by atoms with Gasteiger partial charge in [-0.3, -0.25) is 14.9 Å². The van der Waals surface area contributed by atoms with E-state index in [0.29, 0.717) is 18.2 Å². The fraction of sp³-hybridized carbons (Fsp3) is 0.222. The Morgan fingerprint density at radius 3 is 2.42 bits per heavy atom. The highest BCUT2D eigenvalue weighted by atomic mass is 19.3. The molecule has 19 heavy (non-hydrogen) atoms. The lowest BCUT2D eigenvalue weighted by Crippen LogP contribution is -2.41. The molecular weight excluding hydrogens is 279 g/mol. The number of benzene rings is 1. The summed E-state index contributed by atoms with van der Waals surface area (Å²) in [4.78, 5) is 20.3. The Balaban J connectivity index is 3.09. The number of halogens is 5. The van der Waals surface area contributed by atoms with Gasteiger partial charge in [0.05, 0.1) is 4.92 Å². The molecule has 0 fully saturated rings. The zero-order valence-corrected chi connectivity index (χ0v) is 8.87. The summed E-state index contributed by atoms with van der Waals surface area (Å²) in [6.07, 6.45) is -4.29. The van der Waals surface area contributed by atoms with Gasteiger partial charge in [0.1, 0.15) is 11.5 Å². The lowest BCUT2D eigenvalue weighted by Gasteiger charge is -2.14. The van der Waals surface area contributed by atoms with E-state index in [1.165, 1.54) is 5.32 Å². The molecule has 1 aromatic carbocycles. The van der Waals surface area contributed by atoms with Gasteiger partial charge in [0.25, 0.3) is 5.69 Å². The molecule has 1 N–H and O–H groups in total. The number of nitrogens with zero attached hydrogens (tertiary/aromatic N) is 1. The number of amides is 1. The van der Waals surface area contributed by atoms with Gasteiger partial charge in [0.15, 0.2) is 0 Å². The highest BCUT2D eigenvalue weighted by Gasteiger charge is 2.49. The Morgan fingerprint density at radius 2 is 1.95 bits per heavy atom.